The first-order valence-electron chi connectivity index (χ1n) is 10.2. The molecule has 0 spiro atoms. The third-order valence-corrected chi connectivity index (χ3v) is 6.00. The third kappa shape index (κ3) is 4.05. The summed E-state index contributed by atoms with van der Waals surface area (Å²) >= 11 is 0. The number of nitrogens with zero attached hydrogens (tertiary/aromatic N) is 2. The molecule has 1 aromatic rings. The molecular formula is C23H28N2O3. The summed E-state index contributed by atoms with van der Waals surface area (Å²) in [7, 11) is 0. The van der Waals surface area contributed by atoms with Crippen LogP contribution < -0.4 is 4.90 Å². The van der Waals surface area contributed by atoms with E-state index in [0.717, 1.165) is 25.9 Å². The Balaban J connectivity index is 1.47. The van der Waals surface area contributed by atoms with Gasteiger partial charge in [0.05, 0.1) is 18.6 Å². The number of anilines is 1. The van der Waals surface area contributed by atoms with Crippen LogP contribution in [0.25, 0.3) is 0 Å². The molecule has 1 atom stereocenters. The van der Waals surface area contributed by atoms with Crippen molar-refractivity contribution >= 4 is 11.7 Å². The number of aliphatic carboxylic acids is 1. The van der Waals surface area contributed by atoms with Crippen LogP contribution in [0, 0.1) is 5.92 Å². The average molecular weight is 380 g/mol. The Morgan fingerprint density at radius 1 is 1.14 bits per heavy atom. The van der Waals surface area contributed by atoms with Crippen LogP contribution in [-0.4, -0.2) is 53.4 Å². The molecule has 1 aromatic carbocycles. The molecule has 0 radical (unpaired) electrons. The summed E-state index contributed by atoms with van der Waals surface area (Å²) in [6.45, 7) is 2.59. The Morgan fingerprint density at radius 2 is 1.93 bits per heavy atom. The minimum absolute atomic E-state index is 0.238. The number of benzene rings is 1. The van der Waals surface area contributed by atoms with E-state index in [1.807, 2.05) is 0 Å². The lowest BCUT2D eigenvalue weighted by Gasteiger charge is -2.35. The summed E-state index contributed by atoms with van der Waals surface area (Å²) in [6.07, 6.45) is 11.4. The monoisotopic (exact) mass is 380 g/mol. The van der Waals surface area contributed by atoms with Gasteiger partial charge in [0.1, 0.15) is 0 Å². The second-order valence-electron chi connectivity index (χ2n) is 7.92. The van der Waals surface area contributed by atoms with Crippen molar-refractivity contribution in [3.63, 3.8) is 0 Å². The van der Waals surface area contributed by atoms with Crippen LogP contribution in [0.2, 0.25) is 0 Å². The SMILES string of the molecule is O=C(O)C1CCN(CC(O)CN2C3=CC=CCC3=CCc3ccccc32)CC1. The lowest BCUT2D eigenvalue weighted by atomic mass is 9.97. The fourth-order valence-corrected chi connectivity index (χ4v) is 4.45. The van der Waals surface area contributed by atoms with E-state index in [9.17, 15) is 9.90 Å². The lowest BCUT2D eigenvalue weighted by Crippen LogP contribution is -2.44. The highest BCUT2D eigenvalue weighted by Gasteiger charge is 2.28. The number of carboxylic acid groups (broad SMARTS) is 1. The number of rotatable bonds is 5. The summed E-state index contributed by atoms with van der Waals surface area (Å²) in [5.74, 6) is -0.935. The molecule has 1 fully saturated rings. The summed E-state index contributed by atoms with van der Waals surface area (Å²) in [4.78, 5) is 15.6. The molecule has 5 nitrogen and oxygen atoms in total. The van der Waals surface area contributed by atoms with Gasteiger partial charge in [0.15, 0.2) is 0 Å². The normalized spacial score (nSPS) is 21.2. The number of allylic oxidation sites excluding steroid dienone is 5. The lowest BCUT2D eigenvalue weighted by molar-refractivity contribution is -0.143. The number of fused-ring (bicyclic) bond motifs is 2. The first kappa shape index (κ1) is 19.0. The molecule has 28 heavy (non-hydrogen) atoms. The number of carbonyl (C=O) groups is 1. The molecule has 2 N–H and O–H groups in total. The molecule has 5 heteroatoms. The highest BCUT2D eigenvalue weighted by molar-refractivity contribution is 5.70. The first-order chi connectivity index (χ1) is 13.6. The van der Waals surface area contributed by atoms with E-state index in [2.05, 4.69) is 58.4 Å². The zero-order chi connectivity index (χ0) is 19.5. The van der Waals surface area contributed by atoms with E-state index in [1.165, 1.54) is 22.5 Å². The van der Waals surface area contributed by atoms with Crippen LogP contribution in [0.3, 0.4) is 0 Å². The predicted molar refractivity (Wildman–Crippen MR) is 110 cm³/mol. The van der Waals surface area contributed by atoms with Gasteiger partial charge in [-0.2, -0.15) is 0 Å². The van der Waals surface area contributed by atoms with Crippen LogP contribution in [0.5, 0.6) is 0 Å². The minimum Gasteiger partial charge on any atom is -0.481 e. The maximum atomic E-state index is 11.1. The van der Waals surface area contributed by atoms with E-state index in [-0.39, 0.29) is 5.92 Å². The highest BCUT2D eigenvalue weighted by atomic mass is 16.4. The summed E-state index contributed by atoms with van der Waals surface area (Å²) in [5, 5.41) is 20.0. The third-order valence-electron chi connectivity index (χ3n) is 6.00. The van der Waals surface area contributed by atoms with Gasteiger partial charge in [0.25, 0.3) is 0 Å². The topological polar surface area (TPSA) is 64.0 Å². The number of piperidine rings is 1. The van der Waals surface area contributed by atoms with E-state index in [4.69, 9.17) is 5.11 Å². The molecule has 1 saturated heterocycles. The van der Waals surface area contributed by atoms with Crippen LogP contribution in [0.4, 0.5) is 5.69 Å². The minimum atomic E-state index is -0.696. The van der Waals surface area contributed by atoms with Gasteiger partial charge in [0, 0.05) is 17.9 Å². The smallest absolute Gasteiger partial charge is 0.306 e. The molecule has 1 unspecified atom stereocenters. The highest BCUT2D eigenvalue weighted by Crippen LogP contribution is 2.34. The number of carboxylic acids is 1. The molecule has 2 heterocycles. The average Bonchev–Trinajstić information content (AvgIpc) is 2.86. The van der Waals surface area contributed by atoms with Gasteiger partial charge in [0.2, 0.25) is 0 Å². The summed E-state index contributed by atoms with van der Waals surface area (Å²) in [6, 6.07) is 8.42. The molecule has 0 bridgehead atoms. The molecule has 0 amide bonds. The van der Waals surface area contributed by atoms with E-state index in [1.54, 1.807) is 0 Å². The Hall–Kier alpha value is -2.37. The van der Waals surface area contributed by atoms with Crippen molar-refractivity contribution in [2.24, 2.45) is 5.92 Å². The molecule has 2 aliphatic heterocycles. The van der Waals surface area contributed by atoms with Gasteiger partial charge < -0.3 is 20.0 Å². The van der Waals surface area contributed by atoms with Crippen LogP contribution in [-0.2, 0) is 11.2 Å². The molecule has 3 aliphatic rings. The van der Waals surface area contributed by atoms with Crippen molar-refractivity contribution in [3.8, 4) is 0 Å². The first-order valence-corrected chi connectivity index (χ1v) is 10.2. The molecular weight excluding hydrogens is 352 g/mol. The predicted octanol–water partition coefficient (Wildman–Crippen LogP) is 2.98. The van der Waals surface area contributed by atoms with Crippen molar-refractivity contribution in [3.05, 3.63) is 65.4 Å². The molecule has 0 saturated carbocycles. The Labute approximate surface area is 166 Å². The van der Waals surface area contributed by atoms with E-state index < -0.39 is 12.1 Å². The van der Waals surface area contributed by atoms with Gasteiger partial charge in [-0.15, -0.1) is 0 Å². The van der Waals surface area contributed by atoms with Gasteiger partial charge in [-0.3, -0.25) is 4.79 Å². The number of hydrogen-bond donors (Lipinski definition) is 2. The van der Waals surface area contributed by atoms with Gasteiger partial charge >= 0.3 is 5.97 Å². The quantitative estimate of drug-likeness (QED) is 0.822. The van der Waals surface area contributed by atoms with Crippen LogP contribution >= 0.6 is 0 Å². The summed E-state index contributed by atoms with van der Waals surface area (Å²) < 4.78 is 0. The number of β-amino-alcohol motifs (C(OH)–C–C–N with tert-alkyl or cyclic N) is 1. The standard InChI is InChI=1S/C23H28N2O3/c26-20(15-24-13-11-19(12-14-24)23(27)28)16-25-21-7-3-1-5-17(21)9-10-18-6-2-4-8-22(18)25/h1-5,7-8,10,19-20,26H,6,9,11-16H2,(H,27,28). The maximum absolute atomic E-state index is 11.1. The van der Waals surface area contributed by atoms with Crippen molar-refractivity contribution < 1.29 is 15.0 Å². The number of aliphatic hydroxyl groups is 1. The van der Waals surface area contributed by atoms with Crippen molar-refractivity contribution in [1.82, 2.24) is 4.90 Å². The van der Waals surface area contributed by atoms with Crippen molar-refractivity contribution in [2.45, 2.75) is 31.8 Å². The second kappa shape index (κ2) is 8.33. The fourth-order valence-electron chi connectivity index (χ4n) is 4.45. The second-order valence-corrected chi connectivity index (χ2v) is 7.92. The Morgan fingerprint density at radius 3 is 2.71 bits per heavy atom. The van der Waals surface area contributed by atoms with Gasteiger partial charge in [-0.25, -0.2) is 0 Å². The van der Waals surface area contributed by atoms with Crippen LogP contribution in [0.1, 0.15) is 24.8 Å². The van der Waals surface area contributed by atoms with Crippen LogP contribution in [0.15, 0.2) is 59.8 Å². The molecule has 0 aromatic heterocycles. The largest absolute Gasteiger partial charge is 0.481 e. The van der Waals surface area contributed by atoms with E-state index in [0.29, 0.717) is 25.9 Å². The zero-order valence-electron chi connectivity index (χ0n) is 16.1. The van der Waals surface area contributed by atoms with E-state index >= 15 is 0 Å². The molecule has 148 valence electrons. The fraction of sp³-hybridized carbons (Fsp3) is 0.435. The van der Waals surface area contributed by atoms with Crippen molar-refractivity contribution in [1.29, 1.82) is 0 Å². The number of hydrogen-bond acceptors (Lipinski definition) is 4. The number of para-hydroxylation sites is 1. The van der Waals surface area contributed by atoms with Gasteiger partial charge in [-0.05, 0) is 62.1 Å². The van der Waals surface area contributed by atoms with Gasteiger partial charge in [-0.1, -0.05) is 36.4 Å². The summed E-state index contributed by atoms with van der Waals surface area (Å²) in [5.41, 5.74) is 4.93. The Bertz CT molecular complexity index is 819. The number of likely N-dealkylation sites (tertiary alicyclic amines) is 1. The Kier molecular flexibility index (Phi) is 5.64. The zero-order valence-corrected chi connectivity index (χ0v) is 16.1. The maximum Gasteiger partial charge on any atom is 0.306 e. The molecule has 1 aliphatic carbocycles. The molecule has 4 rings (SSSR count). The van der Waals surface area contributed by atoms with Crippen molar-refractivity contribution in [2.75, 3.05) is 31.1 Å². The number of aliphatic hydroxyl groups excluding tert-OH is 1.